The fourth-order valence-corrected chi connectivity index (χ4v) is 2.53. The lowest BCUT2D eigenvalue weighted by Crippen LogP contribution is -2.31. The Kier molecular flexibility index (Phi) is 5.25. The van der Waals surface area contributed by atoms with Crippen LogP contribution >= 0.6 is 11.6 Å². The van der Waals surface area contributed by atoms with Gasteiger partial charge in [-0.25, -0.2) is 4.68 Å². The van der Waals surface area contributed by atoms with Gasteiger partial charge in [-0.3, -0.25) is 4.79 Å². The quantitative estimate of drug-likeness (QED) is 0.746. The van der Waals surface area contributed by atoms with E-state index in [4.69, 9.17) is 16.3 Å². The SMILES string of the molecule is O=c1c2ccccc2cnn1CC(O)COCc1ccc(Cl)cc1. The molecule has 1 atom stereocenters. The summed E-state index contributed by atoms with van der Waals surface area (Å²) in [5.74, 6) is 0. The minimum Gasteiger partial charge on any atom is -0.389 e. The van der Waals surface area contributed by atoms with Crippen molar-refractivity contribution in [1.29, 1.82) is 0 Å². The zero-order valence-corrected chi connectivity index (χ0v) is 13.7. The molecule has 3 rings (SSSR count). The maximum Gasteiger partial charge on any atom is 0.274 e. The highest BCUT2D eigenvalue weighted by Crippen LogP contribution is 2.10. The van der Waals surface area contributed by atoms with Gasteiger partial charge in [-0.2, -0.15) is 5.10 Å². The molecule has 0 aliphatic carbocycles. The van der Waals surface area contributed by atoms with E-state index < -0.39 is 6.10 Å². The Hall–Kier alpha value is -2.21. The third-order valence-corrected chi connectivity index (χ3v) is 3.89. The molecule has 1 aromatic heterocycles. The van der Waals surface area contributed by atoms with E-state index >= 15 is 0 Å². The van der Waals surface area contributed by atoms with Crippen molar-refractivity contribution in [3.05, 3.63) is 75.7 Å². The summed E-state index contributed by atoms with van der Waals surface area (Å²) in [4.78, 5) is 12.3. The van der Waals surface area contributed by atoms with Gasteiger partial charge < -0.3 is 9.84 Å². The zero-order chi connectivity index (χ0) is 16.9. The van der Waals surface area contributed by atoms with Crippen LogP contribution in [0.5, 0.6) is 0 Å². The molecule has 6 heteroatoms. The Morgan fingerprint density at radius 2 is 1.92 bits per heavy atom. The number of ether oxygens (including phenoxy) is 1. The number of fused-ring (bicyclic) bond motifs is 1. The highest BCUT2D eigenvalue weighted by Gasteiger charge is 2.10. The van der Waals surface area contributed by atoms with Crippen molar-refractivity contribution in [3.8, 4) is 0 Å². The van der Waals surface area contributed by atoms with Crippen molar-refractivity contribution in [2.75, 3.05) is 6.61 Å². The van der Waals surface area contributed by atoms with E-state index in [-0.39, 0.29) is 18.7 Å². The number of halogens is 1. The molecular formula is C18H17ClN2O3. The van der Waals surface area contributed by atoms with Crippen LogP contribution in [0, 0.1) is 0 Å². The molecule has 0 amide bonds. The van der Waals surface area contributed by atoms with Gasteiger partial charge in [0.1, 0.15) is 0 Å². The smallest absolute Gasteiger partial charge is 0.274 e. The average molecular weight is 345 g/mol. The van der Waals surface area contributed by atoms with Crippen LogP contribution in [0.1, 0.15) is 5.56 Å². The van der Waals surface area contributed by atoms with E-state index in [1.165, 1.54) is 4.68 Å². The Morgan fingerprint density at radius 3 is 2.71 bits per heavy atom. The van der Waals surface area contributed by atoms with Crippen molar-refractivity contribution in [2.45, 2.75) is 19.3 Å². The summed E-state index contributed by atoms with van der Waals surface area (Å²) in [7, 11) is 0. The standard InChI is InChI=1S/C18H17ClN2O3/c19-15-7-5-13(6-8-15)11-24-12-16(22)10-21-18(23)17-4-2-1-3-14(17)9-20-21/h1-9,16,22H,10-12H2. The summed E-state index contributed by atoms with van der Waals surface area (Å²) in [5.41, 5.74) is 0.748. The van der Waals surface area contributed by atoms with Gasteiger partial charge in [0.25, 0.3) is 5.56 Å². The van der Waals surface area contributed by atoms with Gasteiger partial charge >= 0.3 is 0 Å². The van der Waals surface area contributed by atoms with Gasteiger partial charge in [-0.1, -0.05) is 41.9 Å². The fraction of sp³-hybridized carbons (Fsp3) is 0.222. The number of aromatic nitrogens is 2. The van der Waals surface area contributed by atoms with Crippen LogP contribution in [0.2, 0.25) is 5.02 Å². The molecule has 0 fully saturated rings. The Bertz CT molecular complexity index is 877. The van der Waals surface area contributed by atoms with Crippen molar-refractivity contribution in [1.82, 2.24) is 9.78 Å². The number of aliphatic hydroxyl groups excluding tert-OH is 1. The normalized spacial score (nSPS) is 12.4. The first kappa shape index (κ1) is 16.6. The molecular weight excluding hydrogens is 328 g/mol. The summed E-state index contributed by atoms with van der Waals surface area (Å²) in [6, 6.07) is 14.5. The highest BCUT2D eigenvalue weighted by atomic mass is 35.5. The molecule has 0 aliphatic heterocycles. The van der Waals surface area contributed by atoms with Crippen LogP contribution in [-0.2, 0) is 17.9 Å². The van der Waals surface area contributed by atoms with Gasteiger partial charge in [0.2, 0.25) is 0 Å². The first-order chi connectivity index (χ1) is 11.6. The Balaban J connectivity index is 1.58. The number of hydrogen-bond donors (Lipinski definition) is 1. The molecule has 5 nitrogen and oxygen atoms in total. The minimum atomic E-state index is -0.816. The molecule has 0 aliphatic rings. The van der Waals surface area contributed by atoms with Gasteiger partial charge in [-0.15, -0.1) is 0 Å². The van der Waals surface area contributed by atoms with Gasteiger partial charge in [0.05, 0.1) is 37.4 Å². The molecule has 0 spiro atoms. The van der Waals surface area contributed by atoms with Gasteiger partial charge in [-0.05, 0) is 23.8 Å². The summed E-state index contributed by atoms with van der Waals surface area (Å²) in [5, 5.41) is 16.2. The Labute approximate surface area is 144 Å². The minimum absolute atomic E-state index is 0.0876. The Morgan fingerprint density at radius 1 is 1.17 bits per heavy atom. The maximum absolute atomic E-state index is 12.3. The predicted molar refractivity (Wildman–Crippen MR) is 93.1 cm³/mol. The molecule has 1 N–H and O–H groups in total. The summed E-state index contributed by atoms with van der Waals surface area (Å²) in [6.45, 7) is 0.572. The largest absolute Gasteiger partial charge is 0.389 e. The van der Waals surface area contributed by atoms with Crippen molar-refractivity contribution in [2.24, 2.45) is 0 Å². The topological polar surface area (TPSA) is 64.4 Å². The zero-order valence-electron chi connectivity index (χ0n) is 12.9. The third kappa shape index (κ3) is 4.00. The van der Waals surface area contributed by atoms with E-state index in [2.05, 4.69) is 5.10 Å². The average Bonchev–Trinajstić information content (AvgIpc) is 2.59. The predicted octanol–water partition coefficient (Wildman–Crippen LogP) is 2.63. The van der Waals surface area contributed by atoms with Crippen molar-refractivity contribution < 1.29 is 9.84 Å². The van der Waals surface area contributed by atoms with Crippen LogP contribution in [0.25, 0.3) is 10.8 Å². The number of hydrogen-bond acceptors (Lipinski definition) is 4. The molecule has 0 saturated carbocycles. The molecule has 124 valence electrons. The lowest BCUT2D eigenvalue weighted by molar-refractivity contribution is 0.0181. The maximum atomic E-state index is 12.3. The van der Waals surface area contributed by atoms with Crippen molar-refractivity contribution >= 4 is 22.4 Å². The van der Waals surface area contributed by atoms with Gasteiger partial charge in [0.15, 0.2) is 0 Å². The van der Waals surface area contributed by atoms with E-state index in [9.17, 15) is 9.90 Å². The lowest BCUT2D eigenvalue weighted by atomic mass is 10.2. The van der Waals surface area contributed by atoms with Crippen LogP contribution < -0.4 is 5.56 Å². The van der Waals surface area contributed by atoms with Crippen molar-refractivity contribution in [3.63, 3.8) is 0 Å². The van der Waals surface area contributed by atoms with Crippen LogP contribution in [0.3, 0.4) is 0 Å². The van der Waals surface area contributed by atoms with Gasteiger partial charge in [0, 0.05) is 10.4 Å². The van der Waals surface area contributed by atoms with E-state index in [0.717, 1.165) is 10.9 Å². The third-order valence-electron chi connectivity index (χ3n) is 3.64. The van der Waals surface area contributed by atoms with E-state index in [1.807, 2.05) is 24.3 Å². The molecule has 0 bridgehead atoms. The molecule has 1 heterocycles. The summed E-state index contributed by atoms with van der Waals surface area (Å²) >= 11 is 5.82. The second-order valence-corrected chi connectivity index (χ2v) is 5.95. The lowest BCUT2D eigenvalue weighted by Gasteiger charge is -2.13. The molecule has 1 unspecified atom stereocenters. The second-order valence-electron chi connectivity index (χ2n) is 5.51. The fourth-order valence-electron chi connectivity index (χ4n) is 2.40. The summed E-state index contributed by atoms with van der Waals surface area (Å²) < 4.78 is 6.75. The molecule has 2 aromatic carbocycles. The first-order valence-corrected chi connectivity index (χ1v) is 7.96. The van der Waals surface area contributed by atoms with E-state index in [1.54, 1.807) is 30.5 Å². The van der Waals surface area contributed by atoms with E-state index in [0.29, 0.717) is 17.0 Å². The molecule has 3 aromatic rings. The highest BCUT2D eigenvalue weighted by molar-refractivity contribution is 6.30. The number of aliphatic hydroxyl groups is 1. The number of benzene rings is 2. The van der Waals surface area contributed by atoms with Crippen LogP contribution in [-0.4, -0.2) is 27.6 Å². The molecule has 0 saturated heterocycles. The second kappa shape index (κ2) is 7.57. The number of rotatable bonds is 6. The van der Waals surface area contributed by atoms with Crippen LogP contribution in [0.15, 0.2) is 59.5 Å². The first-order valence-electron chi connectivity index (χ1n) is 7.58. The van der Waals surface area contributed by atoms with Crippen LogP contribution in [0.4, 0.5) is 0 Å². The molecule has 24 heavy (non-hydrogen) atoms. The monoisotopic (exact) mass is 344 g/mol. The molecule has 0 radical (unpaired) electrons. The number of nitrogens with zero attached hydrogens (tertiary/aromatic N) is 2. The summed E-state index contributed by atoms with van der Waals surface area (Å²) in [6.07, 6.45) is 0.807.